The third-order valence-electron chi connectivity index (χ3n) is 3.30. The first-order valence-electron chi connectivity index (χ1n) is 6.54. The van der Waals surface area contributed by atoms with E-state index in [9.17, 15) is 0 Å². The van der Waals surface area contributed by atoms with Gasteiger partial charge in [-0.05, 0) is 18.3 Å². The van der Waals surface area contributed by atoms with E-state index in [4.69, 9.17) is 4.52 Å². The van der Waals surface area contributed by atoms with E-state index in [0.29, 0.717) is 6.54 Å². The molecule has 2 rings (SSSR count). The van der Waals surface area contributed by atoms with Crippen molar-refractivity contribution in [2.75, 3.05) is 20.1 Å². The van der Waals surface area contributed by atoms with Gasteiger partial charge in [-0.1, -0.05) is 19.0 Å². The summed E-state index contributed by atoms with van der Waals surface area (Å²) in [6.45, 7) is 7.40. The zero-order valence-electron chi connectivity index (χ0n) is 11.4. The van der Waals surface area contributed by atoms with Gasteiger partial charge in [0, 0.05) is 26.2 Å². The van der Waals surface area contributed by atoms with Gasteiger partial charge in [-0.15, -0.1) is 0 Å². The maximum atomic E-state index is 4.82. The molecule has 1 saturated heterocycles. The lowest BCUT2D eigenvalue weighted by Gasteiger charge is -2.37. The molecule has 1 aliphatic rings. The van der Waals surface area contributed by atoms with Crippen LogP contribution in [0.2, 0.25) is 0 Å². The molecule has 5 heteroatoms. The molecule has 1 fully saturated rings. The molecule has 1 aromatic heterocycles. The topological polar surface area (TPSA) is 53.7 Å². The average molecular weight is 250 g/mol. The van der Waals surface area contributed by atoms with E-state index in [2.05, 4.69) is 34.2 Å². The minimum Gasteiger partial charge on any atom is -0.364 e. The summed E-state index contributed by atoms with van der Waals surface area (Å²) >= 11 is 0. The van der Waals surface area contributed by atoms with Crippen molar-refractivity contribution >= 4 is 5.96 Å². The van der Waals surface area contributed by atoms with Crippen LogP contribution in [0.25, 0.3) is 0 Å². The SMILES string of the molecule is CN=C(NCc1ccon1)N1CC(C)CC(C)C1. The fourth-order valence-corrected chi connectivity index (χ4v) is 2.67. The highest BCUT2D eigenvalue weighted by Crippen LogP contribution is 2.20. The van der Waals surface area contributed by atoms with E-state index in [-0.39, 0.29) is 0 Å². The first kappa shape index (κ1) is 12.9. The van der Waals surface area contributed by atoms with Crippen molar-refractivity contribution in [2.45, 2.75) is 26.8 Å². The highest BCUT2D eigenvalue weighted by atomic mass is 16.5. The van der Waals surface area contributed by atoms with Gasteiger partial charge in [0.05, 0.1) is 6.54 Å². The Kier molecular flexibility index (Phi) is 4.23. The lowest BCUT2D eigenvalue weighted by atomic mass is 9.92. The first-order chi connectivity index (χ1) is 8.69. The van der Waals surface area contributed by atoms with Gasteiger partial charge in [-0.3, -0.25) is 4.99 Å². The van der Waals surface area contributed by atoms with Crippen molar-refractivity contribution in [1.82, 2.24) is 15.4 Å². The summed E-state index contributed by atoms with van der Waals surface area (Å²) in [7, 11) is 1.83. The van der Waals surface area contributed by atoms with E-state index in [1.807, 2.05) is 13.1 Å². The van der Waals surface area contributed by atoms with Crippen molar-refractivity contribution in [3.8, 4) is 0 Å². The van der Waals surface area contributed by atoms with Crippen LogP contribution in [-0.4, -0.2) is 36.2 Å². The third-order valence-corrected chi connectivity index (χ3v) is 3.30. The number of hydrogen-bond acceptors (Lipinski definition) is 3. The van der Waals surface area contributed by atoms with Crippen molar-refractivity contribution in [3.05, 3.63) is 18.0 Å². The van der Waals surface area contributed by atoms with Gasteiger partial charge in [0.25, 0.3) is 0 Å². The maximum Gasteiger partial charge on any atom is 0.193 e. The second kappa shape index (κ2) is 5.89. The number of guanidine groups is 1. The van der Waals surface area contributed by atoms with E-state index in [1.54, 1.807) is 6.26 Å². The van der Waals surface area contributed by atoms with Gasteiger partial charge >= 0.3 is 0 Å². The second-order valence-electron chi connectivity index (χ2n) is 5.24. The molecule has 0 aromatic carbocycles. The van der Waals surface area contributed by atoms with Crippen molar-refractivity contribution in [2.24, 2.45) is 16.8 Å². The van der Waals surface area contributed by atoms with Crippen LogP contribution in [0.5, 0.6) is 0 Å². The van der Waals surface area contributed by atoms with Gasteiger partial charge in [0.2, 0.25) is 0 Å². The quantitative estimate of drug-likeness (QED) is 0.641. The van der Waals surface area contributed by atoms with Crippen LogP contribution >= 0.6 is 0 Å². The Morgan fingerprint density at radius 3 is 2.78 bits per heavy atom. The highest BCUT2D eigenvalue weighted by Gasteiger charge is 2.23. The summed E-state index contributed by atoms with van der Waals surface area (Å²) in [6, 6.07) is 1.86. The van der Waals surface area contributed by atoms with Crippen LogP contribution in [-0.2, 0) is 6.54 Å². The summed E-state index contributed by atoms with van der Waals surface area (Å²) in [5.41, 5.74) is 0.897. The Bertz CT molecular complexity index is 378. The van der Waals surface area contributed by atoms with Crippen LogP contribution in [0.1, 0.15) is 26.0 Å². The zero-order chi connectivity index (χ0) is 13.0. The molecule has 1 N–H and O–H groups in total. The second-order valence-corrected chi connectivity index (χ2v) is 5.24. The molecule has 2 heterocycles. The van der Waals surface area contributed by atoms with Crippen LogP contribution in [0.15, 0.2) is 21.8 Å². The summed E-state index contributed by atoms with van der Waals surface area (Å²) in [6.07, 6.45) is 2.89. The largest absolute Gasteiger partial charge is 0.364 e. The summed E-state index contributed by atoms with van der Waals surface area (Å²) in [4.78, 5) is 6.69. The van der Waals surface area contributed by atoms with E-state index in [0.717, 1.165) is 36.6 Å². The molecule has 2 unspecified atom stereocenters. The van der Waals surface area contributed by atoms with E-state index >= 15 is 0 Å². The fraction of sp³-hybridized carbons (Fsp3) is 0.692. The number of aliphatic imine (C=N–C) groups is 1. The van der Waals surface area contributed by atoms with Gasteiger partial charge in [0.1, 0.15) is 12.0 Å². The number of rotatable bonds is 2. The molecular weight excluding hydrogens is 228 g/mol. The van der Waals surface area contributed by atoms with Gasteiger partial charge in [-0.25, -0.2) is 0 Å². The Morgan fingerprint density at radius 2 is 2.22 bits per heavy atom. The number of aromatic nitrogens is 1. The Hall–Kier alpha value is -1.52. The lowest BCUT2D eigenvalue weighted by Crippen LogP contribution is -2.48. The van der Waals surface area contributed by atoms with E-state index in [1.165, 1.54) is 6.42 Å². The zero-order valence-corrected chi connectivity index (χ0v) is 11.4. The molecule has 0 radical (unpaired) electrons. The molecule has 0 aliphatic carbocycles. The minimum absolute atomic E-state index is 0.655. The molecule has 0 bridgehead atoms. The van der Waals surface area contributed by atoms with Crippen molar-refractivity contribution in [3.63, 3.8) is 0 Å². The summed E-state index contributed by atoms with van der Waals surface area (Å²) in [5, 5.41) is 7.22. The lowest BCUT2D eigenvalue weighted by molar-refractivity contribution is 0.208. The van der Waals surface area contributed by atoms with Crippen molar-refractivity contribution < 1.29 is 4.52 Å². The molecule has 0 amide bonds. The monoisotopic (exact) mass is 250 g/mol. The molecule has 5 nitrogen and oxygen atoms in total. The number of piperidine rings is 1. The minimum atomic E-state index is 0.655. The molecule has 2 atom stereocenters. The smallest absolute Gasteiger partial charge is 0.193 e. The molecule has 18 heavy (non-hydrogen) atoms. The normalized spacial score (nSPS) is 25.3. The van der Waals surface area contributed by atoms with Crippen LogP contribution in [0.3, 0.4) is 0 Å². The van der Waals surface area contributed by atoms with Gasteiger partial charge in [-0.2, -0.15) is 0 Å². The van der Waals surface area contributed by atoms with Crippen LogP contribution in [0.4, 0.5) is 0 Å². The third kappa shape index (κ3) is 3.24. The number of likely N-dealkylation sites (tertiary alicyclic amines) is 1. The Morgan fingerprint density at radius 1 is 1.50 bits per heavy atom. The highest BCUT2D eigenvalue weighted by molar-refractivity contribution is 5.79. The summed E-state index contributed by atoms with van der Waals surface area (Å²) in [5.74, 6) is 2.40. The molecule has 0 saturated carbocycles. The Balaban J connectivity index is 1.92. The predicted molar refractivity (Wildman–Crippen MR) is 71.2 cm³/mol. The van der Waals surface area contributed by atoms with Crippen molar-refractivity contribution in [1.29, 1.82) is 0 Å². The fourth-order valence-electron chi connectivity index (χ4n) is 2.67. The number of nitrogens with zero attached hydrogens (tertiary/aromatic N) is 3. The van der Waals surface area contributed by atoms with E-state index < -0.39 is 0 Å². The maximum absolute atomic E-state index is 4.82. The molecule has 1 aliphatic heterocycles. The molecular formula is C13H22N4O. The number of hydrogen-bond donors (Lipinski definition) is 1. The molecule has 1 aromatic rings. The predicted octanol–water partition coefficient (Wildman–Crippen LogP) is 1.73. The average Bonchev–Trinajstić information content (AvgIpc) is 2.81. The Labute approximate surface area is 108 Å². The first-order valence-corrected chi connectivity index (χ1v) is 6.54. The molecule has 100 valence electrons. The van der Waals surface area contributed by atoms with Crippen LogP contribution < -0.4 is 5.32 Å². The van der Waals surface area contributed by atoms with Gasteiger partial charge < -0.3 is 14.7 Å². The van der Waals surface area contributed by atoms with Gasteiger partial charge in [0.15, 0.2) is 5.96 Å². The van der Waals surface area contributed by atoms with Crippen LogP contribution in [0, 0.1) is 11.8 Å². The molecule has 0 spiro atoms. The number of nitrogens with one attached hydrogen (secondary N) is 1. The standard InChI is InChI=1S/C13H22N4O/c1-10-6-11(2)9-17(8-10)13(14-3)15-7-12-4-5-18-16-12/h4-5,10-11H,6-9H2,1-3H3,(H,14,15). The summed E-state index contributed by atoms with van der Waals surface area (Å²) < 4.78 is 4.82.